The molecule has 0 saturated carbocycles. The van der Waals surface area contributed by atoms with Gasteiger partial charge in [0.05, 0.1) is 6.04 Å². The second-order valence-electron chi connectivity index (χ2n) is 4.92. The third kappa shape index (κ3) is 3.40. The van der Waals surface area contributed by atoms with Crippen molar-refractivity contribution in [2.75, 3.05) is 0 Å². The zero-order valence-corrected chi connectivity index (χ0v) is 11.3. The van der Waals surface area contributed by atoms with Crippen LogP contribution in [-0.4, -0.2) is 0 Å². The van der Waals surface area contributed by atoms with Crippen molar-refractivity contribution in [3.8, 4) is 0 Å². The fourth-order valence-corrected chi connectivity index (χ4v) is 2.17. The van der Waals surface area contributed by atoms with E-state index in [-0.39, 0.29) is 11.9 Å². The molecule has 0 saturated heterocycles. The maximum Gasteiger partial charge on any atom is 0.126 e. The first kappa shape index (κ1) is 13.7. The van der Waals surface area contributed by atoms with Crippen LogP contribution in [-0.2, 0) is 6.42 Å². The van der Waals surface area contributed by atoms with Gasteiger partial charge in [0.25, 0.3) is 0 Å². The highest BCUT2D eigenvalue weighted by molar-refractivity contribution is 5.29. The molecule has 2 nitrogen and oxygen atoms in total. The Morgan fingerprint density at radius 1 is 1.16 bits per heavy atom. The molecule has 3 N–H and O–H groups in total. The zero-order valence-electron chi connectivity index (χ0n) is 11.3. The van der Waals surface area contributed by atoms with E-state index in [1.165, 1.54) is 11.1 Å². The van der Waals surface area contributed by atoms with Crippen molar-refractivity contribution in [2.45, 2.75) is 26.3 Å². The minimum atomic E-state index is -0.193. The molecule has 0 radical (unpaired) electrons. The third-order valence-corrected chi connectivity index (χ3v) is 3.32. The van der Waals surface area contributed by atoms with Gasteiger partial charge in [0.15, 0.2) is 0 Å². The van der Waals surface area contributed by atoms with Crippen molar-refractivity contribution in [3.05, 3.63) is 70.5 Å². The highest BCUT2D eigenvalue weighted by atomic mass is 19.1. The molecule has 0 aliphatic heterocycles. The summed E-state index contributed by atoms with van der Waals surface area (Å²) in [5.41, 5.74) is 6.68. The van der Waals surface area contributed by atoms with E-state index in [1.54, 1.807) is 19.1 Å². The largest absolute Gasteiger partial charge is 0.271 e. The summed E-state index contributed by atoms with van der Waals surface area (Å²) in [6, 6.07) is 13.4. The summed E-state index contributed by atoms with van der Waals surface area (Å²) in [6.07, 6.45) is 0.737. The number of rotatable bonds is 4. The Morgan fingerprint density at radius 2 is 1.95 bits per heavy atom. The van der Waals surface area contributed by atoms with Crippen molar-refractivity contribution >= 4 is 0 Å². The van der Waals surface area contributed by atoms with Crippen LogP contribution in [0.2, 0.25) is 0 Å². The van der Waals surface area contributed by atoms with Crippen LogP contribution >= 0.6 is 0 Å². The minimum absolute atomic E-state index is 0.0862. The molecule has 19 heavy (non-hydrogen) atoms. The van der Waals surface area contributed by atoms with Crippen molar-refractivity contribution < 1.29 is 4.39 Å². The fraction of sp³-hybridized carbons (Fsp3) is 0.250. The van der Waals surface area contributed by atoms with Gasteiger partial charge in [0.1, 0.15) is 5.82 Å². The Bertz CT molecular complexity index is 566. The van der Waals surface area contributed by atoms with Crippen LogP contribution in [0.1, 0.15) is 28.3 Å². The van der Waals surface area contributed by atoms with Gasteiger partial charge < -0.3 is 0 Å². The Kier molecular flexibility index (Phi) is 4.30. The van der Waals surface area contributed by atoms with Gasteiger partial charge in [-0.3, -0.25) is 11.3 Å². The first-order valence-electron chi connectivity index (χ1n) is 6.38. The number of halogens is 1. The average molecular weight is 258 g/mol. The van der Waals surface area contributed by atoms with E-state index >= 15 is 0 Å². The molecule has 2 aromatic carbocycles. The molecule has 2 rings (SSSR count). The molecule has 0 aliphatic rings. The Hall–Kier alpha value is -1.71. The lowest BCUT2D eigenvalue weighted by Gasteiger charge is -2.17. The van der Waals surface area contributed by atoms with E-state index in [0.717, 1.165) is 12.0 Å². The van der Waals surface area contributed by atoms with E-state index in [0.29, 0.717) is 5.56 Å². The second-order valence-corrected chi connectivity index (χ2v) is 4.92. The quantitative estimate of drug-likeness (QED) is 0.653. The first-order chi connectivity index (χ1) is 9.10. The summed E-state index contributed by atoms with van der Waals surface area (Å²) in [7, 11) is 0. The van der Waals surface area contributed by atoms with E-state index in [1.807, 2.05) is 12.1 Å². The van der Waals surface area contributed by atoms with Crippen molar-refractivity contribution in [2.24, 2.45) is 5.84 Å². The van der Waals surface area contributed by atoms with Crippen LogP contribution in [0.15, 0.2) is 42.5 Å². The van der Waals surface area contributed by atoms with Gasteiger partial charge in [0.2, 0.25) is 0 Å². The van der Waals surface area contributed by atoms with Crippen LogP contribution in [0.4, 0.5) is 4.39 Å². The summed E-state index contributed by atoms with van der Waals surface area (Å²) >= 11 is 0. The first-order valence-corrected chi connectivity index (χ1v) is 6.38. The molecular weight excluding hydrogens is 239 g/mol. The van der Waals surface area contributed by atoms with Gasteiger partial charge in [-0.05, 0) is 43.0 Å². The van der Waals surface area contributed by atoms with Gasteiger partial charge in [0, 0.05) is 0 Å². The predicted octanol–water partition coefficient (Wildman–Crippen LogP) is 3.19. The summed E-state index contributed by atoms with van der Waals surface area (Å²) in [6.45, 7) is 3.81. The number of hydrogen-bond donors (Lipinski definition) is 2. The van der Waals surface area contributed by atoms with E-state index in [4.69, 9.17) is 5.84 Å². The summed E-state index contributed by atoms with van der Waals surface area (Å²) in [5.74, 6) is 5.41. The Labute approximate surface area is 113 Å². The molecule has 0 fully saturated rings. The highest BCUT2D eigenvalue weighted by Gasteiger charge is 2.12. The Balaban J connectivity index is 2.22. The molecular formula is C16H19FN2. The molecule has 1 unspecified atom stereocenters. The summed E-state index contributed by atoms with van der Waals surface area (Å²) < 4.78 is 13.6. The number of benzene rings is 2. The highest BCUT2D eigenvalue weighted by Crippen LogP contribution is 2.20. The number of hydrazine groups is 1. The maximum absolute atomic E-state index is 13.6. The lowest BCUT2D eigenvalue weighted by atomic mass is 9.97. The fourth-order valence-electron chi connectivity index (χ4n) is 2.17. The molecule has 0 amide bonds. The SMILES string of the molecule is Cc1cccc(CC(NN)c2ccc(C)c(F)c2)c1. The monoisotopic (exact) mass is 258 g/mol. The molecule has 0 spiro atoms. The molecule has 3 heteroatoms. The molecule has 2 aromatic rings. The minimum Gasteiger partial charge on any atom is -0.271 e. The number of hydrogen-bond acceptors (Lipinski definition) is 2. The standard InChI is InChI=1S/C16H19FN2/c1-11-4-3-5-13(8-11)9-16(19-18)14-7-6-12(2)15(17)10-14/h3-8,10,16,19H,9,18H2,1-2H3. The van der Waals surface area contributed by atoms with Crippen molar-refractivity contribution in [3.63, 3.8) is 0 Å². The average Bonchev–Trinajstić information content (AvgIpc) is 2.39. The summed E-state index contributed by atoms with van der Waals surface area (Å²) in [4.78, 5) is 0. The van der Waals surface area contributed by atoms with Crippen LogP contribution < -0.4 is 11.3 Å². The number of nitrogens with one attached hydrogen (secondary N) is 1. The number of nitrogens with two attached hydrogens (primary N) is 1. The van der Waals surface area contributed by atoms with Gasteiger partial charge in [-0.15, -0.1) is 0 Å². The van der Waals surface area contributed by atoms with Crippen LogP contribution in [0.25, 0.3) is 0 Å². The third-order valence-electron chi connectivity index (χ3n) is 3.32. The molecule has 0 heterocycles. The number of aryl methyl sites for hydroxylation is 2. The molecule has 100 valence electrons. The van der Waals surface area contributed by atoms with E-state index < -0.39 is 0 Å². The summed E-state index contributed by atoms with van der Waals surface area (Å²) in [5, 5.41) is 0. The lowest BCUT2D eigenvalue weighted by molar-refractivity contribution is 0.543. The second kappa shape index (κ2) is 5.95. The van der Waals surface area contributed by atoms with E-state index in [2.05, 4.69) is 30.5 Å². The smallest absolute Gasteiger partial charge is 0.126 e. The van der Waals surface area contributed by atoms with Crippen molar-refractivity contribution in [1.82, 2.24) is 5.43 Å². The van der Waals surface area contributed by atoms with Gasteiger partial charge in [-0.1, -0.05) is 42.0 Å². The van der Waals surface area contributed by atoms with E-state index in [9.17, 15) is 4.39 Å². The van der Waals surface area contributed by atoms with Gasteiger partial charge in [-0.25, -0.2) is 4.39 Å². The van der Waals surface area contributed by atoms with Crippen LogP contribution in [0, 0.1) is 19.7 Å². The maximum atomic E-state index is 13.6. The van der Waals surface area contributed by atoms with Gasteiger partial charge >= 0.3 is 0 Å². The predicted molar refractivity (Wildman–Crippen MR) is 76.1 cm³/mol. The molecule has 1 atom stereocenters. The zero-order chi connectivity index (χ0) is 13.8. The Morgan fingerprint density at radius 3 is 2.58 bits per heavy atom. The van der Waals surface area contributed by atoms with Crippen molar-refractivity contribution in [1.29, 1.82) is 0 Å². The molecule has 0 aromatic heterocycles. The topological polar surface area (TPSA) is 38.0 Å². The van der Waals surface area contributed by atoms with Crippen LogP contribution in [0.5, 0.6) is 0 Å². The van der Waals surface area contributed by atoms with Gasteiger partial charge in [-0.2, -0.15) is 0 Å². The lowest BCUT2D eigenvalue weighted by Crippen LogP contribution is -2.29. The molecule has 0 aliphatic carbocycles. The van der Waals surface area contributed by atoms with Crippen LogP contribution in [0.3, 0.4) is 0 Å². The normalized spacial score (nSPS) is 12.4. The molecule has 0 bridgehead atoms.